The summed E-state index contributed by atoms with van der Waals surface area (Å²) in [5, 5.41) is 11.3. The van der Waals surface area contributed by atoms with Crippen LogP contribution in [-0.2, 0) is 6.18 Å². The number of hydrogen-bond acceptors (Lipinski definition) is 3. The normalized spacial score (nSPS) is 11.5. The fourth-order valence-electron chi connectivity index (χ4n) is 1.22. The van der Waals surface area contributed by atoms with Crippen molar-refractivity contribution >= 4 is 11.4 Å². The van der Waals surface area contributed by atoms with E-state index in [0.29, 0.717) is 18.7 Å². The number of aliphatic hydroxyl groups excluding tert-OH is 1. The highest BCUT2D eigenvalue weighted by atomic mass is 19.4. The van der Waals surface area contributed by atoms with Gasteiger partial charge in [0.2, 0.25) is 0 Å². The zero-order valence-corrected chi connectivity index (χ0v) is 8.51. The molecule has 3 nitrogen and oxygen atoms in total. The Labute approximate surface area is 91.1 Å². The van der Waals surface area contributed by atoms with Gasteiger partial charge in [-0.15, -0.1) is 0 Å². The Morgan fingerprint density at radius 3 is 2.56 bits per heavy atom. The Balaban J connectivity index is 2.82. The van der Waals surface area contributed by atoms with Crippen molar-refractivity contribution in [1.82, 2.24) is 0 Å². The molecule has 4 N–H and O–H groups in total. The van der Waals surface area contributed by atoms with E-state index < -0.39 is 11.7 Å². The summed E-state index contributed by atoms with van der Waals surface area (Å²) in [6.07, 6.45) is -3.97. The molecule has 0 unspecified atom stereocenters. The molecule has 0 saturated carbocycles. The zero-order chi connectivity index (χ0) is 12.2. The monoisotopic (exact) mass is 234 g/mol. The molecule has 0 aliphatic rings. The second kappa shape index (κ2) is 5.07. The molecule has 0 aliphatic heterocycles. The first-order valence-electron chi connectivity index (χ1n) is 4.76. The predicted molar refractivity (Wildman–Crippen MR) is 56.0 cm³/mol. The number of alkyl halides is 3. The van der Waals surface area contributed by atoms with Crippen LogP contribution in [0.1, 0.15) is 12.0 Å². The molecule has 0 fully saturated rings. The van der Waals surface area contributed by atoms with Crippen molar-refractivity contribution in [3.05, 3.63) is 23.8 Å². The van der Waals surface area contributed by atoms with Crippen molar-refractivity contribution in [2.75, 3.05) is 24.2 Å². The number of nitrogens with two attached hydrogens (primary N) is 1. The van der Waals surface area contributed by atoms with E-state index in [1.165, 1.54) is 12.1 Å². The van der Waals surface area contributed by atoms with E-state index in [1.807, 2.05) is 0 Å². The van der Waals surface area contributed by atoms with Crippen molar-refractivity contribution in [1.29, 1.82) is 0 Å². The number of anilines is 2. The van der Waals surface area contributed by atoms with Crippen molar-refractivity contribution in [3.8, 4) is 0 Å². The number of nitrogens with one attached hydrogen (secondary N) is 1. The summed E-state index contributed by atoms with van der Waals surface area (Å²) in [5.41, 5.74) is 4.45. The topological polar surface area (TPSA) is 58.3 Å². The van der Waals surface area contributed by atoms with Gasteiger partial charge in [0.1, 0.15) is 0 Å². The third-order valence-corrected chi connectivity index (χ3v) is 2.02. The summed E-state index contributed by atoms with van der Waals surface area (Å²) in [4.78, 5) is 0. The molecule has 1 aromatic rings. The van der Waals surface area contributed by atoms with Crippen molar-refractivity contribution in [3.63, 3.8) is 0 Å². The van der Waals surface area contributed by atoms with E-state index in [1.54, 1.807) is 0 Å². The second-order valence-corrected chi connectivity index (χ2v) is 3.30. The molecule has 0 saturated heterocycles. The Morgan fingerprint density at radius 2 is 2.00 bits per heavy atom. The molecule has 0 aromatic heterocycles. The van der Waals surface area contributed by atoms with Crippen molar-refractivity contribution in [2.45, 2.75) is 12.6 Å². The van der Waals surface area contributed by atoms with Gasteiger partial charge in [0.15, 0.2) is 0 Å². The lowest BCUT2D eigenvalue weighted by Gasteiger charge is -2.12. The summed E-state index contributed by atoms with van der Waals surface area (Å²) in [5.74, 6) is 0. The van der Waals surface area contributed by atoms with Gasteiger partial charge in [-0.1, -0.05) is 0 Å². The smallest absolute Gasteiger partial charge is 0.398 e. The molecular weight excluding hydrogens is 221 g/mol. The van der Waals surface area contributed by atoms with Crippen LogP contribution >= 0.6 is 0 Å². The van der Waals surface area contributed by atoms with Crippen LogP contribution in [0.5, 0.6) is 0 Å². The molecule has 0 heterocycles. The van der Waals surface area contributed by atoms with E-state index in [9.17, 15) is 13.2 Å². The molecular formula is C10H13F3N2O. The minimum Gasteiger partial charge on any atom is -0.398 e. The van der Waals surface area contributed by atoms with Gasteiger partial charge in [0.05, 0.1) is 5.56 Å². The van der Waals surface area contributed by atoms with Crippen LogP contribution < -0.4 is 11.1 Å². The Bertz CT molecular complexity index is 352. The molecule has 1 aromatic carbocycles. The van der Waals surface area contributed by atoms with Crippen LogP contribution in [0, 0.1) is 0 Å². The number of aliphatic hydroxyl groups is 1. The van der Waals surface area contributed by atoms with Crippen LogP contribution in [0.15, 0.2) is 18.2 Å². The number of rotatable bonds is 4. The molecule has 0 aliphatic carbocycles. The van der Waals surface area contributed by atoms with Crippen LogP contribution in [-0.4, -0.2) is 18.3 Å². The van der Waals surface area contributed by atoms with Crippen molar-refractivity contribution < 1.29 is 18.3 Å². The van der Waals surface area contributed by atoms with E-state index in [4.69, 9.17) is 10.8 Å². The third kappa shape index (κ3) is 3.30. The number of benzene rings is 1. The molecule has 16 heavy (non-hydrogen) atoms. The summed E-state index contributed by atoms with van der Waals surface area (Å²) in [6, 6.07) is 3.65. The van der Waals surface area contributed by atoms with Gasteiger partial charge < -0.3 is 16.2 Å². The zero-order valence-electron chi connectivity index (χ0n) is 8.51. The fourth-order valence-corrected chi connectivity index (χ4v) is 1.22. The van der Waals surface area contributed by atoms with Gasteiger partial charge in [-0.05, 0) is 24.6 Å². The average Bonchev–Trinajstić information content (AvgIpc) is 2.19. The number of nitrogen functional groups attached to an aromatic ring is 1. The maximum Gasteiger partial charge on any atom is 0.418 e. The molecule has 1 rings (SSSR count). The van der Waals surface area contributed by atoms with Gasteiger partial charge in [0.25, 0.3) is 0 Å². The van der Waals surface area contributed by atoms with E-state index >= 15 is 0 Å². The molecule has 0 spiro atoms. The van der Waals surface area contributed by atoms with Crippen LogP contribution in [0.25, 0.3) is 0 Å². The fraction of sp³-hybridized carbons (Fsp3) is 0.400. The van der Waals surface area contributed by atoms with E-state index in [0.717, 1.165) is 6.07 Å². The maximum atomic E-state index is 12.5. The first kappa shape index (κ1) is 12.6. The van der Waals surface area contributed by atoms with Crippen molar-refractivity contribution in [2.24, 2.45) is 0 Å². The lowest BCUT2D eigenvalue weighted by molar-refractivity contribution is -0.136. The van der Waals surface area contributed by atoms with Gasteiger partial charge in [0, 0.05) is 24.5 Å². The summed E-state index contributed by atoms with van der Waals surface area (Å²) < 4.78 is 37.4. The molecule has 0 radical (unpaired) electrons. The quantitative estimate of drug-likeness (QED) is 0.552. The van der Waals surface area contributed by atoms with Crippen LogP contribution in [0.2, 0.25) is 0 Å². The van der Waals surface area contributed by atoms with Gasteiger partial charge in [-0.2, -0.15) is 13.2 Å². The molecule has 0 amide bonds. The maximum absolute atomic E-state index is 12.5. The lowest BCUT2D eigenvalue weighted by Crippen LogP contribution is -2.10. The summed E-state index contributed by atoms with van der Waals surface area (Å²) >= 11 is 0. The first-order valence-corrected chi connectivity index (χ1v) is 4.76. The minimum absolute atomic E-state index is 0.00585. The summed E-state index contributed by atoms with van der Waals surface area (Å²) in [7, 11) is 0. The third-order valence-electron chi connectivity index (χ3n) is 2.02. The molecule has 0 atom stereocenters. The molecule has 6 heteroatoms. The van der Waals surface area contributed by atoms with E-state index in [2.05, 4.69) is 5.32 Å². The lowest BCUT2D eigenvalue weighted by atomic mass is 10.1. The highest BCUT2D eigenvalue weighted by molar-refractivity contribution is 5.58. The van der Waals surface area contributed by atoms with Gasteiger partial charge in [-0.3, -0.25) is 0 Å². The first-order chi connectivity index (χ1) is 7.45. The largest absolute Gasteiger partial charge is 0.418 e. The predicted octanol–water partition coefficient (Wildman–Crippen LogP) is 2.08. The highest BCUT2D eigenvalue weighted by Gasteiger charge is 2.33. The summed E-state index contributed by atoms with van der Waals surface area (Å²) in [6.45, 7) is 0.409. The number of hydrogen-bond donors (Lipinski definition) is 3. The highest BCUT2D eigenvalue weighted by Crippen LogP contribution is 2.34. The Kier molecular flexibility index (Phi) is 4.00. The van der Waals surface area contributed by atoms with Crippen LogP contribution in [0.4, 0.5) is 24.5 Å². The molecule has 90 valence electrons. The average molecular weight is 234 g/mol. The minimum atomic E-state index is -4.45. The van der Waals surface area contributed by atoms with Gasteiger partial charge >= 0.3 is 6.18 Å². The van der Waals surface area contributed by atoms with Crippen LogP contribution in [0.3, 0.4) is 0 Å². The Hall–Kier alpha value is -1.43. The number of halogens is 3. The van der Waals surface area contributed by atoms with E-state index in [-0.39, 0.29) is 12.3 Å². The Morgan fingerprint density at radius 1 is 1.31 bits per heavy atom. The molecule has 0 bridgehead atoms. The van der Waals surface area contributed by atoms with Gasteiger partial charge in [-0.25, -0.2) is 0 Å². The second-order valence-electron chi connectivity index (χ2n) is 3.30. The standard InChI is InChI=1S/C10H13F3N2O/c11-10(12,13)8-6-7(2-3-9(8)14)15-4-1-5-16/h2-3,6,15-16H,1,4-5,14H2. The SMILES string of the molecule is Nc1ccc(NCCCO)cc1C(F)(F)F.